The van der Waals surface area contributed by atoms with Crippen LogP contribution in [0.15, 0.2) is 150 Å². The minimum absolute atomic E-state index is 0.606. The second-order valence-electron chi connectivity index (χ2n) is 11.1. The molecule has 0 aliphatic heterocycles. The minimum Gasteiger partial charge on any atom is -0.436 e. The van der Waals surface area contributed by atoms with Crippen LogP contribution in [0.3, 0.4) is 0 Å². The van der Waals surface area contributed by atoms with E-state index >= 15 is 0 Å². The Labute approximate surface area is 268 Å². The van der Waals surface area contributed by atoms with Crippen LogP contribution in [-0.4, -0.2) is 19.9 Å². The number of hydrogen-bond donors (Lipinski definition) is 1. The van der Waals surface area contributed by atoms with Gasteiger partial charge in [-0.2, -0.15) is 0 Å². The number of fused-ring (bicyclic) bond motifs is 3. The second-order valence-corrected chi connectivity index (χ2v) is 12.1. The van der Waals surface area contributed by atoms with Crippen LogP contribution in [0, 0.1) is 0 Å². The van der Waals surface area contributed by atoms with E-state index in [2.05, 4.69) is 106 Å². The number of rotatable bonds is 6. The number of imidazole rings is 1. The number of aromatic nitrogens is 4. The Bertz CT molecular complexity index is 2100. The Morgan fingerprint density at radius 3 is 1.76 bits per heavy atom. The summed E-state index contributed by atoms with van der Waals surface area (Å²) >= 11 is 1.71. The number of nitrogens with zero attached hydrogens (tertiary/aromatic N) is 4. The number of hydrogen-bond acceptors (Lipinski definition) is 6. The van der Waals surface area contributed by atoms with Gasteiger partial charge in [0.05, 0.1) is 21.3 Å². The number of thiazole rings is 1. The average Bonchev–Trinajstić information content (AvgIpc) is 3.86. The van der Waals surface area contributed by atoms with E-state index < -0.39 is 0 Å². The van der Waals surface area contributed by atoms with E-state index in [0.29, 0.717) is 5.89 Å². The lowest BCUT2D eigenvalue weighted by Crippen LogP contribution is -2.09. The van der Waals surface area contributed by atoms with Gasteiger partial charge in [-0.05, 0) is 109 Å². The van der Waals surface area contributed by atoms with E-state index in [-0.39, 0.29) is 0 Å². The van der Waals surface area contributed by atoms with Crippen molar-refractivity contribution in [3.05, 3.63) is 146 Å². The monoisotopic (exact) mass is 611 g/mol. The smallest absolute Gasteiger partial charge is 0.227 e. The number of para-hydroxylation sites is 5. The summed E-state index contributed by atoms with van der Waals surface area (Å²) in [6.45, 7) is 0. The first-order chi connectivity index (χ1) is 22.7. The molecule has 6 aromatic carbocycles. The third kappa shape index (κ3) is 4.70. The van der Waals surface area contributed by atoms with E-state index in [1.165, 1.54) is 4.70 Å². The fourth-order valence-corrected chi connectivity index (χ4v) is 6.77. The number of H-pyrrole nitrogens is 1. The Morgan fingerprint density at radius 1 is 0.500 bits per heavy atom. The molecule has 218 valence electrons. The van der Waals surface area contributed by atoms with E-state index in [1.807, 2.05) is 54.6 Å². The molecular formula is C39H25N5OS. The zero-order valence-corrected chi connectivity index (χ0v) is 25.3. The van der Waals surface area contributed by atoms with Gasteiger partial charge in [0.2, 0.25) is 5.89 Å². The fourth-order valence-electron chi connectivity index (χ4n) is 5.80. The molecule has 0 amide bonds. The third-order valence-corrected chi connectivity index (χ3v) is 9.21. The zero-order chi connectivity index (χ0) is 30.5. The molecule has 6 nitrogen and oxygen atoms in total. The number of oxazole rings is 1. The highest BCUT2D eigenvalue weighted by atomic mass is 32.1. The van der Waals surface area contributed by atoms with Gasteiger partial charge < -0.3 is 14.3 Å². The quantitative estimate of drug-likeness (QED) is 0.203. The summed E-state index contributed by atoms with van der Waals surface area (Å²) in [7, 11) is 0. The largest absolute Gasteiger partial charge is 0.436 e. The summed E-state index contributed by atoms with van der Waals surface area (Å²) in [6.07, 6.45) is 0. The van der Waals surface area contributed by atoms with E-state index in [4.69, 9.17) is 14.4 Å². The molecule has 0 aliphatic carbocycles. The first kappa shape index (κ1) is 26.4. The molecule has 9 rings (SSSR count). The van der Waals surface area contributed by atoms with Crippen LogP contribution < -0.4 is 4.90 Å². The molecule has 1 N–H and O–H groups in total. The molecule has 0 aliphatic rings. The lowest BCUT2D eigenvalue weighted by atomic mass is 10.1. The van der Waals surface area contributed by atoms with Crippen molar-refractivity contribution in [2.45, 2.75) is 0 Å². The maximum atomic E-state index is 6.04. The van der Waals surface area contributed by atoms with Crippen LogP contribution in [-0.2, 0) is 0 Å². The van der Waals surface area contributed by atoms with Gasteiger partial charge in [0, 0.05) is 33.8 Å². The minimum atomic E-state index is 0.606. The molecule has 0 saturated heterocycles. The van der Waals surface area contributed by atoms with Gasteiger partial charge >= 0.3 is 0 Å². The Hall–Kier alpha value is -6.05. The van der Waals surface area contributed by atoms with E-state index in [0.717, 1.165) is 72.2 Å². The molecule has 9 aromatic rings. The Kier molecular flexibility index (Phi) is 6.21. The summed E-state index contributed by atoms with van der Waals surface area (Å²) in [5.74, 6) is 1.46. The standard InChI is InChI=1S/C39H25N5OS/c1-2-8-32-31(7-1)40-37(41-32)25-13-19-28(20-14-25)44(29-21-15-26(16-22-29)38-42-33-9-3-5-11-35(33)45-38)30-23-17-27(18-24-30)39-43-34-10-4-6-12-36(34)46-39/h1-24H,(H,40,41). The SMILES string of the molecule is c1ccc2[nH]c(-c3ccc(N(c4ccc(-c5nc6ccccc6o5)cc4)c4ccc(-c5nc6ccccc6s5)cc4)cc3)nc2c1. The molecule has 0 saturated carbocycles. The van der Waals surface area contributed by atoms with Crippen molar-refractivity contribution in [1.29, 1.82) is 0 Å². The van der Waals surface area contributed by atoms with Crippen LogP contribution in [0.4, 0.5) is 17.1 Å². The number of aromatic amines is 1. The Morgan fingerprint density at radius 2 is 1.09 bits per heavy atom. The Balaban J connectivity index is 1.09. The highest BCUT2D eigenvalue weighted by molar-refractivity contribution is 7.21. The van der Waals surface area contributed by atoms with Gasteiger partial charge in [0.25, 0.3) is 0 Å². The molecule has 46 heavy (non-hydrogen) atoms. The molecule has 0 unspecified atom stereocenters. The number of anilines is 3. The van der Waals surface area contributed by atoms with Gasteiger partial charge in [0.1, 0.15) is 16.3 Å². The molecule has 0 radical (unpaired) electrons. The molecule has 0 atom stereocenters. The maximum absolute atomic E-state index is 6.04. The van der Waals surface area contributed by atoms with Crippen LogP contribution in [0.5, 0.6) is 0 Å². The first-order valence-electron chi connectivity index (χ1n) is 15.0. The summed E-state index contributed by atoms with van der Waals surface area (Å²) in [6, 6.07) is 49.6. The summed E-state index contributed by atoms with van der Waals surface area (Å²) in [4.78, 5) is 20.0. The topological polar surface area (TPSA) is 70.8 Å². The number of nitrogens with one attached hydrogen (secondary N) is 1. The lowest BCUT2D eigenvalue weighted by Gasteiger charge is -2.26. The van der Waals surface area contributed by atoms with Gasteiger partial charge in [0.15, 0.2) is 5.58 Å². The molecular weight excluding hydrogens is 587 g/mol. The van der Waals surface area contributed by atoms with Gasteiger partial charge in [-0.3, -0.25) is 0 Å². The van der Waals surface area contributed by atoms with Crippen molar-refractivity contribution in [3.63, 3.8) is 0 Å². The fraction of sp³-hybridized carbons (Fsp3) is 0. The summed E-state index contributed by atoms with van der Waals surface area (Å²) < 4.78 is 7.23. The lowest BCUT2D eigenvalue weighted by molar-refractivity contribution is 0.620. The van der Waals surface area contributed by atoms with Crippen LogP contribution in [0.1, 0.15) is 0 Å². The summed E-state index contributed by atoms with van der Waals surface area (Å²) in [5, 5.41) is 1.01. The summed E-state index contributed by atoms with van der Waals surface area (Å²) in [5.41, 5.74) is 10.8. The second kappa shape index (κ2) is 10.8. The average molecular weight is 612 g/mol. The van der Waals surface area contributed by atoms with Gasteiger partial charge in [-0.1, -0.05) is 36.4 Å². The zero-order valence-electron chi connectivity index (χ0n) is 24.5. The molecule has 0 fully saturated rings. The predicted octanol–water partition coefficient (Wildman–Crippen LogP) is 10.8. The van der Waals surface area contributed by atoms with Crippen molar-refractivity contribution >= 4 is 60.7 Å². The van der Waals surface area contributed by atoms with Crippen molar-refractivity contribution < 1.29 is 4.42 Å². The normalized spacial score (nSPS) is 11.5. The highest BCUT2D eigenvalue weighted by Gasteiger charge is 2.16. The van der Waals surface area contributed by atoms with E-state index in [9.17, 15) is 0 Å². The maximum Gasteiger partial charge on any atom is 0.227 e. The van der Waals surface area contributed by atoms with E-state index in [1.54, 1.807) is 11.3 Å². The van der Waals surface area contributed by atoms with Crippen LogP contribution in [0.2, 0.25) is 0 Å². The van der Waals surface area contributed by atoms with Crippen molar-refractivity contribution in [2.24, 2.45) is 0 Å². The van der Waals surface area contributed by atoms with Crippen LogP contribution in [0.25, 0.3) is 65.8 Å². The number of benzene rings is 6. The first-order valence-corrected chi connectivity index (χ1v) is 15.8. The molecule has 0 bridgehead atoms. The van der Waals surface area contributed by atoms with Crippen molar-refractivity contribution in [1.82, 2.24) is 19.9 Å². The molecule has 3 aromatic heterocycles. The molecule has 7 heteroatoms. The van der Waals surface area contributed by atoms with Crippen LogP contribution >= 0.6 is 11.3 Å². The van der Waals surface area contributed by atoms with Crippen molar-refractivity contribution in [2.75, 3.05) is 4.90 Å². The molecule has 3 heterocycles. The molecule has 0 spiro atoms. The van der Waals surface area contributed by atoms with Crippen molar-refractivity contribution in [3.8, 4) is 33.4 Å². The third-order valence-electron chi connectivity index (χ3n) is 8.12. The highest BCUT2D eigenvalue weighted by Crippen LogP contribution is 2.38. The van der Waals surface area contributed by atoms with Gasteiger partial charge in [-0.15, -0.1) is 11.3 Å². The van der Waals surface area contributed by atoms with Gasteiger partial charge in [-0.25, -0.2) is 15.0 Å². The predicted molar refractivity (Wildman–Crippen MR) is 188 cm³/mol.